The number of nitrogens with one attached hydrogen (secondary N) is 1. The summed E-state index contributed by atoms with van der Waals surface area (Å²) in [6.07, 6.45) is 0. The van der Waals surface area contributed by atoms with Crippen molar-refractivity contribution >= 4 is 17.6 Å². The molecule has 0 aromatic heterocycles. The van der Waals surface area contributed by atoms with Gasteiger partial charge in [-0.15, -0.1) is 0 Å². The van der Waals surface area contributed by atoms with Crippen molar-refractivity contribution in [3.05, 3.63) is 29.8 Å². The maximum atomic E-state index is 12.2. The summed E-state index contributed by atoms with van der Waals surface area (Å²) in [5.74, 6) is -0.0751. The maximum absolute atomic E-state index is 12.2. The van der Waals surface area contributed by atoms with Gasteiger partial charge in [-0.05, 0) is 13.0 Å². The number of benzene rings is 1. The van der Waals surface area contributed by atoms with Gasteiger partial charge < -0.3 is 15.1 Å². The lowest BCUT2D eigenvalue weighted by molar-refractivity contribution is -0.119. The number of amides is 3. The van der Waals surface area contributed by atoms with Crippen molar-refractivity contribution in [3.63, 3.8) is 0 Å². The Bertz CT molecular complexity index is 485. The number of likely N-dealkylation sites (N-methyl/N-ethyl adjacent to an activating group) is 1. The average molecular weight is 247 g/mol. The van der Waals surface area contributed by atoms with Gasteiger partial charge in [0.2, 0.25) is 0 Å². The lowest BCUT2D eigenvalue weighted by Gasteiger charge is -2.18. The summed E-state index contributed by atoms with van der Waals surface area (Å²) in [5, 5.41) is 2.74. The third-order valence-electron chi connectivity index (χ3n) is 3.04. The van der Waals surface area contributed by atoms with Crippen LogP contribution in [0.25, 0.3) is 0 Å². The quantitative estimate of drug-likeness (QED) is 0.858. The minimum Gasteiger partial charge on any atom is -0.331 e. The zero-order valence-electron chi connectivity index (χ0n) is 10.8. The fourth-order valence-corrected chi connectivity index (χ4v) is 2.10. The van der Waals surface area contributed by atoms with Crippen molar-refractivity contribution in [2.24, 2.45) is 0 Å². The number of urea groups is 1. The molecule has 5 nitrogen and oxygen atoms in total. The van der Waals surface area contributed by atoms with Crippen molar-refractivity contribution in [1.29, 1.82) is 0 Å². The van der Waals surface area contributed by atoms with Crippen molar-refractivity contribution in [1.82, 2.24) is 10.2 Å². The van der Waals surface area contributed by atoms with Crippen molar-refractivity contribution < 1.29 is 9.59 Å². The highest BCUT2D eigenvalue weighted by Crippen LogP contribution is 2.35. The zero-order chi connectivity index (χ0) is 13.3. The lowest BCUT2D eigenvalue weighted by atomic mass is 10.1. The Labute approximate surface area is 106 Å². The highest BCUT2D eigenvalue weighted by atomic mass is 16.2. The first kappa shape index (κ1) is 12.4. The predicted molar refractivity (Wildman–Crippen MR) is 69.4 cm³/mol. The van der Waals surface area contributed by atoms with Crippen LogP contribution in [0.3, 0.4) is 0 Å². The molecule has 0 spiro atoms. The third kappa shape index (κ3) is 1.92. The van der Waals surface area contributed by atoms with Gasteiger partial charge in [-0.2, -0.15) is 0 Å². The summed E-state index contributed by atoms with van der Waals surface area (Å²) in [6, 6.07) is 6.71. The van der Waals surface area contributed by atoms with E-state index in [-0.39, 0.29) is 11.9 Å². The van der Waals surface area contributed by atoms with Crippen LogP contribution in [-0.2, 0) is 4.79 Å². The molecule has 18 heavy (non-hydrogen) atoms. The minimum atomic E-state index is -0.573. The molecule has 1 N–H and O–H groups in total. The van der Waals surface area contributed by atoms with E-state index in [2.05, 4.69) is 5.32 Å². The third-order valence-corrected chi connectivity index (χ3v) is 3.04. The summed E-state index contributed by atoms with van der Waals surface area (Å²) in [5.41, 5.74) is 1.74. The molecule has 1 atom stereocenters. The molecule has 1 aliphatic heterocycles. The van der Waals surface area contributed by atoms with E-state index in [1.807, 2.05) is 31.2 Å². The van der Waals surface area contributed by atoms with Crippen LogP contribution in [0.2, 0.25) is 0 Å². The number of carbonyl (C=O) groups is 2. The molecular formula is C13H17N3O2. The van der Waals surface area contributed by atoms with E-state index in [0.29, 0.717) is 6.54 Å². The standard InChI is InChI=1S/C13H17N3O2/c1-4-16-10-8-6-5-7-9(10)11(12(16)17)14-13(18)15(2)3/h5-8,11H,4H2,1-3H3,(H,14,18). The summed E-state index contributed by atoms with van der Waals surface area (Å²) in [4.78, 5) is 27.0. The lowest BCUT2D eigenvalue weighted by Crippen LogP contribution is -2.41. The van der Waals surface area contributed by atoms with Crippen LogP contribution in [0.15, 0.2) is 24.3 Å². The maximum Gasteiger partial charge on any atom is 0.317 e. The van der Waals surface area contributed by atoms with Crippen LogP contribution in [0.1, 0.15) is 18.5 Å². The molecule has 0 fully saturated rings. The van der Waals surface area contributed by atoms with Crippen molar-refractivity contribution in [2.45, 2.75) is 13.0 Å². The van der Waals surface area contributed by atoms with E-state index >= 15 is 0 Å². The Balaban J connectivity index is 2.32. The highest BCUT2D eigenvalue weighted by Gasteiger charge is 2.37. The van der Waals surface area contributed by atoms with Gasteiger partial charge in [-0.25, -0.2) is 4.79 Å². The van der Waals surface area contributed by atoms with Crippen LogP contribution in [-0.4, -0.2) is 37.5 Å². The Morgan fingerprint density at radius 2 is 2.06 bits per heavy atom. The number of hydrogen-bond donors (Lipinski definition) is 1. The number of carbonyl (C=O) groups excluding carboxylic acids is 2. The Kier molecular flexibility index (Phi) is 3.23. The number of para-hydroxylation sites is 1. The fourth-order valence-electron chi connectivity index (χ4n) is 2.10. The Hall–Kier alpha value is -2.04. The zero-order valence-corrected chi connectivity index (χ0v) is 10.8. The van der Waals surface area contributed by atoms with Crippen LogP contribution < -0.4 is 10.2 Å². The molecule has 2 rings (SSSR count). The SMILES string of the molecule is CCN1C(=O)C(NC(=O)N(C)C)c2ccccc21. The van der Waals surface area contributed by atoms with Crippen LogP contribution in [0, 0.1) is 0 Å². The Morgan fingerprint density at radius 1 is 1.39 bits per heavy atom. The summed E-state index contributed by atoms with van der Waals surface area (Å²) < 4.78 is 0. The second-order valence-electron chi connectivity index (χ2n) is 4.42. The molecule has 0 radical (unpaired) electrons. The number of nitrogens with zero attached hydrogens (tertiary/aromatic N) is 2. The van der Waals surface area contributed by atoms with Gasteiger partial charge in [0.05, 0.1) is 0 Å². The summed E-state index contributed by atoms with van der Waals surface area (Å²) >= 11 is 0. The molecule has 0 saturated carbocycles. The van der Waals surface area contributed by atoms with Crippen molar-refractivity contribution in [3.8, 4) is 0 Å². The number of anilines is 1. The molecule has 1 heterocycles. The smallest absolute Gasteiger partial charge is 0.317 e. The highest BCUT2D eigenvalue weighted by molar-refractivity contribution is 6.06. The monoisotopic (exact) mass is 247 g/mol. The van der Waals surface area contributed by atoms with Crippen LogP contribution in [0.5, 0.6) is 0 Å². The van der Waals surface area contributed by atoms with Gasteiger partial charge in [-0.3, -0.25) is 4.79 Å². The minimum absolute atomic E-state index is 0.0751. The molecule has 3 amide bonds. The topological polar surface area (TPSA) is 52.7 Å². The predicted octanol–water partition coefficient (Wildman–Crippen LogP) is 1.37. The fraction of sp³-hybridized carbons (Fsp3) is 0.385. The van der Waals surface area contributed by atoms with Crippen LogP contribution in [0.4, 0.5) is 10.5 Å². The molecule has 96 valence electrons. The first-order valence-corrected chi connectivity index (χ1v) is 5.94. The van der Waals surface area contributed by atoms with Gasteiger partial charge in [0.15, 0.2) is 0 Å². The van der Waals surface area contributed by atoms with E-state index in [1.54, 1.807) is 19.0 Å². The van der Waals surface area contributed by atoms with Crippen LogP contribution >= 0.6 is 0 Å². The largest absolute Gasteiger partial charge is 0.331 e. The van der Waals surface area contributed by atoms with E-state index in [4.69, 9.17) is 0 Å². The number of fused-ring (bicyclic) bond motifs is 1. The molecule has 1 aliphatic rings. The molecule has 0 aliphatic carbocycles. The summed E-state index contributed by atoms with van der Waals surface area (Å²) in [6.45, 7) is 2.52. The van der Waals surface area contributed by atoms with E-state index < -0.39 is 6.04 Å². The van der Waals surface area contributed by atoms with E-state index in [1.165, 1.54) is 4.90 Å². The average Bonchev–Trinajstić information content (AvgIpc) is 2.62. The Morgan fingerprint density at radius 3 is 2.67 bits per heavy atom. The molecule has 1 aromatic rings. The second kappa shape index (κ2) is 4.68. The van der Waals surface area contributed by atoms with Crippen molar-refractivity contribution in [2.75, 3.05) is 25.5 Å². The normalized spacial score (nSPS) is 17.6. The molecule has 1 aromatic carbocycles. The van der Waals surface area contributed by atoms with Gasteiger partial charge in [-0.1, -0.05) is 18.2 Å². The number of hydrogen-bond acceptors (Lipinski definition) is 2. The molecular weight excluding hydrogens is 230 g/mol. The molecule has 0 bridgehead atoms. The first-order chi connectivity index (χ1) is 8.56. The van der Waals surface area contributed by atoms with E-state index in [9.17, 15) is 9.59 Å². The molecule has 1 unspecified atom stereocenters. The molecule has 5 heteroatoms. The second-order valence-corrected chi connectivity index (χ2v) is 4.42. The molecule has 0 saturated heterocycles. The van der Waals surface area contributed by atoms with Gasteiger partial charge in [0, 0.05) is 31.9 Å². The number of rotatable bonds is 2. The first-order valence-electron chi connectivity index (χ1n) is 5.94. The van der Waals surface area contributed by atoms with Gasteiger partial charge in [0.25, 0.3) is 5.91 Å². The van der Waals surface area contributed by atoms with E-state index in [0.717, 1.165) is 11.3 Å². The van der Waals surface area contributed by atoms with Gasteiger partial charge in [0.1, 0.15) is 6.04 Å². The summed E-state index contributed by atoms with van der Waals surface area (Å²) in [7, 11) is 3.30. The van der Waals surface area contributed by atoms with Gasteiger partial charge >= 0.3 is 6.03 Å².